The lowest BCUT2D eigenvalue weighted by Gasteiger charge is -2.18. The molecule has 0 unspecified atom stereocenters. The molecule has 12 aromatic rings. The van der Waals surface area contributed by atoms with E-state index in [1.165, 1.54) is 76.5 Å². The van der Waals surface area contributed by atoms with Gasteiger partial charge in [0.15, 0.2) is 0 Å². The van der Waals surface area contributed by atoms with E-state index in [-0.39, 0.29) is 0 Å². The summed E-state index contributed by atoms with van der Waals surface area (Å²) in [6.07, 6.45) is 1.87. The van der Waals surface area contributed by atoms with Crippen molar-refractivity contribution in [3.63, 3.8) is 0 Å². The molecule has 2 heterocycles. The van der Waals surface area contributed by atoms with Gasteiger partial charge in [0, 0.05) is 33.5 Å². The lowest BCUT2D eigenvalue weighted by molar-refractivity contribution is 0.670. The Kier molecular flexibility index (Phi) is 6.96. The van der Waals surface area contributed by atoms with Crippen LogP contribution < -0.4 is 0 Å². The number of para-hydroxylation sites is 1. The van der Waals surface area contributed by atoms with Crippen molar-refractivity contribution in [2.75, 3.05) is 0 Å². The number of hydrogen-bond donors (Lipinski definition) is 0. The molecule has 2 heteroatoms. The number of rotatable bonds is 4. The molecular weight excluding hydrogens is 691 g/mol. The molecule has 0 bridgehead atoms. The largest absolute Gasteiger partial charge is 0.455 e. The third-order valence-corrected chi connectivity index (χ3v) is 11.9. The van der Waals surface area contributed by atoms with Gasteiger partial charge in [-0.1, -0.05) is 170 Å². The van der Waals surface area contributed by atoms with Gasteiger partial charge >= 0.3 is 0 Å². The minimum Gasteiger partial charge on any atom is -0.455 e. The second-order valence-electron chi connectivity index (χ2n) is 15.0. The van der Waals surface area contributed by atoms with Gasteiger partial charge in [0.05, 0.1) is 5.52 Å². The first kappa shape index (κ1) is 31.8. The molecule has 0 radical (unpaired) electrons. The summed E-state index contributed by atoms with van der Waals surface area (Å²) in [6.45, 7) is 0. The van der Waals surface area contributed by atoms with Gasteiger partial charge in [-0.2, -0.15) is 0 Å². The second-order valence-corrected chi connectivity index (χ2v) is 15.0. The normalized spacial score (nSPS) is 11.9. The van der Waals surface area contributed by atoms with Crippen molar-refractivity contribution >= 4 is 75.9 Å². The predicted molar refractivity (Wildman–Crippen MR) is 241 cm³/mol. The molecule has 57 heavy (non-hydrogen) atoms. The third kappa shape index (κ3) is 4.81. The van der Waals surface area contributed by atoms with Crippen LogP contribution in [0.5, 0.6) is 0 Å². The Labute approximate surface area is 328 Å². The molecule has 0 aliphatic rings. The van der Waals surface area contributed by atoms with E-state index in [2.05, 4.69) is 188 Å². The van der Waals surface area contributed by atoms with E-state index in [1.54, 1.807) is 0 Å². The van der Waals surface area contributed by atoms with Crippen LogP contribution in [0.2, 0.25) is 0 Å². The first-order valence-electron chi connectivity index (χ1n) is 19.5. The highest BCUT2D eigenvalue weighted by Crippen LogP contribution is 2.48. The Hall–Kier alpha value is -7.55. The van der Waals surface area contributed by atoms with Crippen LogP contribution in [0.1, 0.15) is 0 Å². The summed E-state index contributed by atoms with van der Waals surface area (Å²) >= 11 is 0. The number of pyridine rings is 1. The number of fused-ring (bicyclic) bond motifs is 8. The van der Waals surface area contributed by atoms with Gasteiger partial charge in [-0.3, -0.25) is 4.98 Å². The maximum atomic E-state index is 6.92. The number of aromatic nitrogens is 1. The third-order valence-electron chi connectivity index (χ3n) is 11.9. The summed E-state index contributed by atoms with van der Waals surface area (Å²) < 4.78 is 6.92. The minimum atomic E-state index is 0.879. The molecule has 2 nitrogen and oxygen atoms in total. The van der Waals surface area contributed by atoms with Gasteiger partial charge in [-0.25, -0.2) is 0 Å². The average Bonchev–Trinajstić information content (AvgIpc) is 3.66. The van der Waals surface area contributed by atoms with Crippen molar-refractivity contribution in [3.05, 3.63) is 200 Å². The molecule has 0 amide bonds. The summed E-state index contributed by atoms with van der Waals surface area (Å²) in [5, 5.41) is 13.1. The Morgan fingerprint density at radius 2 is 0.807 bits per heavy atom. The highest BCUT2D eigenvalue weighted by Gasteiger charge is 2.22. The fourth-order valence-corrected chi connectivity index (χ4v) is 9.46. The first-order chi connectivity index (χ1) is 28.3. The molecule has 10 aromatic carbocycles. The summed E-state index contributed by atoms with van der Waals surface area (Å²) in [4.78, 5) is 4.70. The van der Waals surface area contributed by atoms with Crippen molar-refractivity contribution in [3.8, 4) is 44.5 Å². The number of benzene rings is 10. The Bertz CT molecular complexity index is 3460. The highest BCUT2D eigenvalue weighted by atomic mass is 16.3. The standard InChI is InChI=1S/C55H33NO/c1-2-14-35(15-3-1)51-42-21-8-10-23-44(42)54(45-24-11-9-22-43(45)51)47-26-12-25-46-48-32-36(29-30-50(48)57-55(46)47)52-38-17-4-6-19-40(38)53(41-20-7-5-18-39(41)52)37-28-27-34-16-13-31-56-49(34)33-37/h1-33H. The van der Waals surface area contributed by atoms with Gasteiger partial charge in [-0.15, -0.1) is 0 Å². The lowest BCUT2D eigenvalue weighted by Crippen LogP contribution is -1.91. The molecule has 264 valence electrons. The fraction of sp³-hybridized carbons (Fsp3) is 0. The zero-order valence-electron chi connectivity index (χ0n) is 30.9. The van der Waals surface area contributed by atoms with Gasteiger partial charge in [0.25, 0.3) is 0 Å². The SMILES string of the molecule is c1ccc(-c2c3ccccc3c(-c3cccc4c3oc3ccc(-c5c6ccccc6c(-c6ccc7cccnc7c6)c6ccccc56)cc34)c3ccccc23)cc1. The van der Waals surface area contributed by atoms with Crippen LogP contribution in [0, 0.1) is 0 Å². The van der Waals surface area contributed by atoms with Crippen LogP contribution in [-0.2, 0) is 0 Å². The quantitative estimate of drug-likeness (QED) is 0.169. The first-order valence-corrected chi connectivity index (χ1v) is 19.5. The summed E-state index contributed by atoms with van der Waals surface area (Å²) in [6, 6.07) is 70.2. The smallest absolute Gasteiger partial charge is 0.143 e. The fourth-order valence-electron chi connectivity index (χ4n) is 9.46. The van der Waals surface area contributed by atoms with Gasteiger partial charge in [0.1, 0.15) is 11.2 Å². The van der Waals surface area contributed by atoms with Crippen molar-refractivity contribution in [1.82, 2.24) is 4.98 Å². The molecule has 0 fully saturated rings. The topological polar surface area (TPSA) is 26.0 Å². The van der Waals surface area contributed by atoms with Gasteiger partial charge < -0.3 is 4.42 Å². The molecule has 12 rings (SSSR count). The van der Waals surface area contributed by atoms with Crippen LogP contribution in [-0.4, -0.2) is 4.98 Å². The molecule has 0 saturated heterocycles. The summed E-state index contributed by atoms with van der Waals surface area (Å²) in [5.41, 5.74) is 12.3. The molecule has 0 atom stereocenters. The van der Waals surface area contributed by atoms with E-state index in [1.807, 2.05) is 12.3 Å². The average molecular weight is 724 g/mol. The van der Waals surface area contributed by atoms with Crippen LogP contribution >= 0.6 is 0 Å². The molecular formula is C55H33NO. The number of furan rings is 1. The van der Waals surface area contributed by atoms with E-state index < -0.39 is 0 Å². The monoisotopic (exact) mass is 723 g/mol. The molecule has 0 N–H and O–H groups in total. The van der Waals surface area contributed by atoms with Crippen molar-refractivity contribution in [2.24, 2.45) is 0 Å². The van der Waals surface area contributed by atoms with Gasteiger partial charge in [-0.05, 0) is 101 Å². The summed E-state index contributed by atoms with van der Waals surface area (Å²) in [7, 11) is 0. The van der Waals surface area contributed by atoms with Crippen LogP contribution in [0.25, 0.3) is 120 Å². The van der Waals surface area contributed by atoms with E-state index in [4.69, 9.17) is 9.40 Å². The Balaban J connectivity index is 1.10. The van der Waals surface area contributed by atoms with E-state index >= 15 is 0 Å². The molecule has 0 spiro atoms. The maximum absolute atomic E-state index is 6.92. The van der Waals surface area contributed by atoms with E-state index in [0.29, 0.717) is 0 Å². The molecule has 0 aliphatic carbocycles. The van der Waals surface area contributed by atoms with E-state index in [0.717, 1.165) is 44.0 Å². The maximum Gasteiger partial charge on any atom is 0.143 e. The lowest BCUT2D eigenvalue weighted by atomic mass is 9.85. The Morgan fingerprint density at radius 1 is 0.316 bits per heavy atom. The van der Waals surface area contributed by atoms with Crippen molar-refractivity contribution < 1.29 is 4.42 Å². The second kappa shape index (κ2) is 12.5. The highest BCUT2D eigenvalue weighted by molar-refractivity contribution is 6.25. The Morgan fingerprint density at radius 3 is 1.40 bits per heavy atom. The van der Waals surface area contributed by atoms with Crippen molar-refractivity contribution in [1.29, 1.82) is 0 Å². The number of hydrogen-bond acceptors (Lipinski definition) is 2. The van der Waals surface area contributed by atoms with Crippen molar-refractivity contribution in [2.45, 2.75) is 0 Å². The minimum absolute atomic E-state index is 0.879. The van der Waals surface area contributed by atoms with Crippen LogP contribution in [0.4, 0.5) is 0 Å². The molecule has 0 saturated carbocycles. The zero-order chi connectivity index (χ0) is 37.5. The molecule has 0 aliphatic heterocycles. The van der Waals surface area contributed by atoms with Gasteiger partial charge in [0.2, 0.25) is 0 Å². The van der Waals surface area contributed by atoms with E-state index in [9.17, 15) is 0 Å². The molecule has 2 aromatic heterocycles. The van der Waals surface area contributed by atoms with Crippen LogP contribution in [0.3, 0.4) is 0 Å². The van der Waals surface area contributed by atoms with Crippen LogP contribution in [0.15, 0.2) is 205 Å². The zero-order valence-corrected chi connectivity index (χ0v) is 30.9. The predicted octanol–water partition coefficient (Wildman–Crippen LogP) is 15.4. The number of nitrogens with zero attached hydrogens (tertiary/aromatic N) is 1. The summed E-state index contributed by atoms with van der Waals surface area (Å²) in [5.74, 6) is 0.